The van der Waals surface area contributed by atoms with E-state index >= 15 is 0 Å². The van der Waals surface area contributed by atoms with E-state index < -0.39 is 5.97 Å². The number of hydrazine groups is 1. The largest absolute Gasteiger partial charge is 0.478 e. The molecule has 64 valence electrons. The third-order valence-electron chi connectivity index (χ3n) is 1.26. The second-order valence-electron chi connectivity index (χ2n) is 2.00. The number of aromatic nitrogens is 1. The summed E-state index contributed by atoms with van der Waals surface area (Å²) in [6.45, 7) is 0. The van der Waals surface area contributed by atoms with Crippen molar-refractivity contribution in [1.29, 1.82) is 0 Å². The van der Waals surface area contributed by atoms with Crippen LogP contribution in [0.5, 0.6) is 0 Å². The molecule has 5 nitrogen and oxygen atoms in total. The highest BCUT2D eigenvalue weighted by molar-refractivity contribution is 6.29. The number of nitrogens with two attached hydrogens (primary N) is 1. The summed E-state index contributed by atoms with van der Waals surface area (Å²) < 4.78 is 0. The maximum atomic E-state index is 10.5. The first-order chi connectivity index (χ1) is 5.65. The molecule has 0 aliphatic heterocycles. The second kappa shape index (κ2) is 3.38. The molecule has 0 aliphatic rings. The van der Waals surface area contributed by atoms with Gasteiger partial charge in [-0.3, -0.25) is 5.84 Å². The fraction of sp³-hybridized carbons (Fsp3) is 0. The van der Waals surface area contributed by atoms with E-state index in [-0.39, 0.29) is 16.4 Å². The first kappa shape index (κ1) is 8.76. The number of nitrogens with one attached hydrogen (secondary N) is 1. The highest BCUT2D eigenvalue weighted by atomic mass is 35.5. The van der Waals surface area contributed by atoms with Crippen LogP contribution in [0.25, 0.3) is 0 Å². The van der Waals surface area contributed by atoms with Crippen LogP contribution in [0.2, 0.25) is 5.15 Å². The lowest BCUT2D eigenvalue weighted by Crippen LogP contribution is -2.12. The number of nitrogen functional groups attached to an aromatic ring is 1. The molecule has 1 heterocycles. The summed E-state index contributed by atoms with van der Waals surface area (Å²) in [6.07, 6.45) is 1.14. The molecular weight excluding hydrogens is 182 g/mol. The Balaban J connectivity index is 3.20. The van der Waals surface area contributed by atoms with Gasteiger partial charge in [-0.25, -0.2) is 9.78 Å². The van der Waals surface area contributed by atoms with Gasteiger partial charge in [0.05, 0.1) is 5.69 Å². The summed E-state index contributed by atoms with van der Waals surface area (Å²) in [4.78, 5) is 14.1. The van der Waals surface area contributed by atoms with Crippen molar-refractivity contribution in [3.8, 4) is 0 Å². The zero-order valence-corrected chi connectivity index (χ0v) is 6.67. The standard InChI is InChI=1S/C6H6ClN3O2/c7-5-1-4(10-8)3(2-9-5)6(11)12/h1-2H,8H2,(H,9,10)(H,11,12). The Morgan fingerprint density at radius 3 is 2.92 bits per heavy atom. The van der Waals surface area contributed by atoms with Crippen LogP contribution >= 0.6 is 11.6 Å². The lowest BCUT2D eigenvalue weighted by Gasteiger charge is -2.03. The highest BCUT2D eigenvalue weighted by Crippen LogP contribution is 2.16. The molecule has 1 rings (SSSR count). The van der Waals surface area contributed by atoms with Crippen LogP contribution in [-0.2, 0) is 0 Å². The van der Waals surface area contributed by atoms with E-state index in [1.54, 1.807) is 0 Å². The van der Waals surface area contributed by atoms with Gasteiger partial charge in [-0.05, 0) is 0 Å². The Hall–Kier alpha value is -1.33. The van der Waals surface area contributed by atoms with Crippen LogP contribution in [0.15, 0.2) is 12.3 Å². The first-order valence-corrected chi connectivity index (χ1v) is 3.38. The lowest BCUT2D eigenvalue weighted by atomic mass is 10.2. The molecule has 4 N–H and O–H groups in total. The molecule has 0 saturated carbocycles. The van der Waals surface area contributed by atoms with E-state index in [4.69, 9.17) is 22.6 Å². The fourth-order valence-electron chi connectivity index (χ4n) is 0.720. The SMILES string of the molecule is NNc1cc(Cl)ncc1C(=O)O. The van der Waals surface area contributed by atoms with E-state index in [1.807, 2.05) is 0 Å². The minimum atomic E-state index is -1.10. The maximum absolute atomic E-state index is 10.5. The van der Waals surface area contributed by atoms with Crippen LogP contribution in [0, 0.1) is 0 Å². The monoisotopic (exact) mass is 187 g/mol. The maximum Gasteiger partial charge on any atom is 0.339 e. The van der Waals surface area contributed by atoms with Gasteiger partial charge < -0.3 is 10.5 Å². The number of hydrogen-bond acceptors (Lipinski definition) is 4. The number of halogens is 1. The third-order valence-corrected chi connectivity index (χ3v) is 1.46. The summed E-state index contributed by atoms with van der Waals surface area (Å²) in [5.41, 5.74) is 2.44. The molecule has 0 amide bonds. The van der Waals surface area contributed by atoms with Gasteiger partial charge in [0.25, 0.3) is 0 Å². The first-order valence-electron chi connectivity index (χ1n) is 3.00. The number of pyridine rings is 1. The number of rotatable bonds is 2. The molecule has 0 aliphatic carbocycles. The number of carbonyl (C=O) groups is 1. The topological polar surface area (TPSA) is 88.2 Å². The smallest absolute Gasteiger partial charge is 0.339 e. The van der Waals surface area contributed by atoms with Crippen molar-refractivity contribution in [2.75, 3.05) is 5.43 Å². The van der Waals surface area contributed by atoms with Gasteiger partial charge in [0, 0.05) is 12.3 Å². The number of nitrogens with zero attached hydrogens (tertiary/aromatic N) is 1. The van der Waals surface area contributed by atoms with Crippen LogP contribution in [0.1, 0.15) is 10.4 Å². The summed E-state index contributed by atoms with van der Waals surface area (Å²) in [7, 11) is 0. The van der Waals surface area contributed by atoms with Crippen molar-refractivity contribution < 1.29 is 9.90 Å². The Morgan fingerprint density at radius 1 is 1.75 bits per heavy atom. The van der Waals surface area contributed by atoms with Crippen molar-refractivity contribution in [1.82, 2.24) is 4.98 Å². The van der Waals surface area contributed by atoms with Crippen molar-refractivity contribution >= 4 is 23.3 Å². The molecular formula is C6H6ClN3O2. The van der Waals surface area contributed by atoms with E-state index in [2.05, 4.69) is 10.4 Å². The van der Waals surface area contributed by atoms with Crippen molar-refractivity contribution in [2.24, 2.45) is 5.84 Å². The van der Waals surface area contributed by atoms with Gasteiger partial charge in [0.2, 0.25) is 0 Å². The van der Waals surface area contributed by atoms with Crippen LogP contribution in [0.4, 0.5) is 5.69 Å². The van der Waals surface area contributed by atoms with Crippen LogP contribution < -0.4 is 11.3 Å². The van der Waals surface area contributed by atoms with E-state index in [0.29, 0.717) is 0 Å². The molecule has 6 heteroatoms. The predicted molar refractivity (Wildman–Crippen MR) is 44.0 cm³/mol. The molecule has 0 unspecified atom stereocenters. The predicted octanol–water partition coefficient (Wildman–Crippen LogP) is 0.719. The molecule has 0 radical (unpaired) electrons. The van der Waals surface area contributed by atoms with Gasteiger partial charge in [0.1, 0.15) is 10.7 Å². The molecule has 1 aromatic heterocycles. The lowest BCUT2D eigenvalue weighted by molar-refractivity contribution is 0.0697. The molecule has 0 aromatic carbocycles. The molecule has 0 bridgehead atoms. The van der Waals surface area contributed by atoms with Gasteiger partial charge >= 0.3 is 5.97 Å². The zero-order chi connectivity index (χ0) is 9.14. The van der Waals surface area contributed by atoms with E-state index in [0.717, 1.165) is 6.20 Å². The quantitative estimate of drug-likeness (QED) is 0.361. The van der Waals surface area contributed by atoms with Gasteiger partial charge in [-0.15, -0.1) is 0 Å². The molecule has 0 atom stereocenters. The number of aromatic carboxylic acids is 1. The molecule has 1 aromatic rings. The highest BCUT2D eigenvalue weighted by Gasteiger charge is 2.09. The molecule has 0 saturated heterocycles. The summed E-state index contributed by atoms with van der Waals surface area (Å²) in [5.74, 6) is 3.95. The molecule has 12 heavy (non-hydrogen) atoms. The zero-order valence-electron chi connectivity index (χ0n) is 5.91. The summed E-state index contributed by atoms with van der Waals surface area (Å²) >= 11 is 5.50. The molecule has 0 fully saturated rings. The van der Waals surface area contributed by atoms with E-state index in [9.17, 15) is 4.79 Å². The number of anilines is 1. The number of carboxylic acids is 1. The fourth-order valence-corrected chi connectivity index (χ4v) is 0.878. The van der Waals surface area contributed by atoms with Gasteiger partial charge in [-0.1, -0.05) is 11.6 Å². The Morgan fingerprint density at radius 2 is 2.42 bits per heavy atom. The van der Waals surface area contributed by atoms with E-state index in [1.165, 1.54) is 6.07 Å². The second-order valence-corrected chi connectivity index (χ2v) is 2.39. The van der Waals surface area contributed by atoms with Gasteiger partial charge in [0.15, 0.2) is 0 Å². The minimum absolute atomic E-state index is 0.0121. The number of carboxylic acid groups (broad SMARTS) is 1. The average Bonchev–Trinajstić information content (AvgIpc) is 2.03. The molecule has 0 spiro atoms. The minimum Gasteiger partial charge on any atom is -0.478 e. The Kier molecular flexibility index (Phi) is 2.47. The average molecular weight is 188 g/mol. The Labute approximate surface area is 73.1 Å². The Bertz CT molecular complexity index is 316. The van der Waals surface area contributed by atoms with Crippen LogP contribution in [0.3, 0.4) is 0 Å². The van der Waals surface area contributed by atoms with Crippen molar-refractivity contribution in [3.05, 3.63) is 23.0 Å². The van der Waals surface area contributed by atoms with Gasteiger partial charge in [-0.2, -0.15) is 0 Å². The number of hydrogen-bond donors (Lipinski definition) is 3. The third kappa shape index (κ3) is 1.63. The van der Waals surface area contributed by atoms with Crippen molar-refractivity contribution in [2.45, 2.75) is 0 Å². The normalized spacial score (nSPS) is 9.50. The van der Waals surface area contributed by atoms with Crippen molar-refractivity contribution in [3.63, 3.8) is 0 Å². The summed E-state index contributed by atoms with van der Waals surface area (Å²) in [5, 5.41) is 8.80. The summed E-state index contributed by atoms with van der Waals surface area (Å²) in [6, 6.07) is 1.34. The van der Waals surface area contributed by atoms with Crippen LogP contribution in [-0.4, -0.2) is 16.1 Å².